The van der Waals surface area contributed by atoms with E-state index in [-0.39, 0.29) is 0 Å². The molecule has 6 nitrogen and oxygen atoms in total. The van der Waals surface area contributed by atoms with Gasteiger partial charge in [0.25, 0.3) is 0 Å². The normalized spacial score (nSPS) is 11.3. The molecule has 0 aliphatic rings. The van der Waals surface area contributed by atoms with Crippen molar-refractivity contribution in [3.63, 3.8) is 0 Å². The van der Waals surface area contributed by atoms with Gasteiger partial charge in [0.1, 0.15) is 12.4 Å². The average Bonchev–Trinajstić information content (AvgIpc) is 2.71. The summed E-state index contributed by atoms with van der Waals surface area (Å²) in [4.78, 5) is 8.92. The third-order valence-corrected chi connectivity index (χ3v) is 3.74. The van der Waals surface area contributed by atoms with Crippen molar-refractivity contribution in [3.8, 4) is 5.75 Å². The minimum atomic E-state index is 0.456. The zero-order valence-corrected chi connectivity index (χ0v) is 16.3. The van der Waals surface area contributed by atoms with Crippen LogP contribution < -0.4 is 15.4 Å². The largest absolute Gasteiger partial charge is 0.487 e. The first-order valence-corrected chi connectivity index (χ1v) is 9.53. The van der Waals surface area contributed by atoms with E-state index >= 15 is 0 Å². The molecule has 0 fully saturated rings. The fraction of sp³-hybridized carbons (Fsp3) is 0.429. The van der Waals surface area contributed by atoms with E-state index in [0.717, 1.165) is 55.7 Å². The van der Waals surface area contributed by atoms with Crippen molar-refractivity contribution in [3.05, 3.63) is 59.9 Å². The fourth-order valence-electron chi connectivity index (χ4n) is 2.41. The maximum absolute atomic E-state index is 5.83. The van der Waals surface area contributed by atoms with E-state index in [1.165, 1.54) is 0 Å². The summed E-state index contributed by atoms with van der Waals surface area (Å²) in [5.41, 5.74) is 2.01. The number of aliphatic imine (C=N–C) groups is 1. The monoisotopic (exact) mass is 370 g/mol. The van der Waals surface area contributed by atoms with Crippen LogP contribution in [0.2, 0.25) is 0 Å². The molecule has 0 spiro atoms. The molecule has 0 atom stereocenters. The minimum absolute atomic E-state index is 0.456. The Labute approximate surface area is 162 Å². The van der Waals surface area contributed by atoms with Crippen LogP contribution in [0.3, 0.4) is 0 Å². The Hall–Kier alpha value is -2.60. The van der Waals surface area contributed by atoms with Gasteiger partial charge >= 0.3 is 0 Å². The van der Waals surface area contributed by atoms with Crippen molar-refractivity contribution in [2.45, 2.75) is 33.4 Å². The van der Waals surface area contributed by atoms with Gasteiger partial charge in [-0.15, -0.1) is 0 Å². The Bertz CT molecular complexity index is 677. The number of guanidine groups is 1. The highest BCUT2D eigenvalue weighted by atomic mass is 16.5. The van der Waals surface area contributed by atoms with Crippen LogP contribution in [0.1, 0.15) is 31.5 Å². The second kappa shape index (κ2) is 12.7. The summed E-state index contributed by atoms with van der Waals surface area (Å²) in [6.45, 7) is 8.28. The van der Waals surface area contributed by atoms with Gasteiger partial charge in [0.15, 0.2) is 5.96 Å². The van der Waals surface area contributed by atoms with Gasteiger partial charge < -0.3 is 20.1 Å². The van der Waals surface area contributed by atoms with E-state index in [0.29, 0.717) is 13.2 Å². The minimum Gasteiger partial charge on any atom is -0.487 e. The van der Waals surface area contributed by atoms with Gasteiger partial charge in [0, 0.05) is 32.5 Å². The van der Waals surface area contributed by atoms with Crippen molar-refractivity contribution < 1.29 is 9.47 Å². The predicted octanol–water partition coefficient (Wildman–Crippen LogP) is 3.14. The molecule has 6 heteroatoms. The summed E-state index contributed by atoms with van der Waals surface area (Å²) in [5, 5.41) is 6.59. The molecular formula is C21H30N4O2. The van der Waals surface area contributed by atoms with Gasteiger partial charge in [-0.3, -0.25) is 4.98 Å². The zero-order valence-electron chi connectivity index (χ0n) is 16.3. The van der Waals surface area contributed by atoms with E-state index in [1.54, 1.807) is 6.20 Å². The summed E-state index contributed by atoms with van der Waals surface area (Å²) in [6, 6.07) is 13.8. The van der Waals surface area contributed by atoms with Gasteiger partial charge in [-0.25, -0.2) is 4.99 Å². The average molecular weight is 370 g/mol. The topological polar surface area (TPSA) is 67.8 Å². The first-order valence-electron chi connectivity index (χ1n) is 9.53. The second-order valence-corrected chi connectivity index (χ2v) is 5.93. The van der Waals surface area contributed by atoms with E-state index in [2.05, 4.69) is 33.6 Å². The molecule has 27 heavy (non-hydrogen) atoms. The molecule has 0 radical (unpaired) electrons. The molecule has 0 aliphatic heterocycles. The zero-order chi connectivity index (χ0) is 19.2. The summed E-state index contributed by atoms with van der Waals surface area (Å²) in [7, 11) is 0. The molecule has 2 N–H and O–H groups in total. The number of nitrogens with zero attached hydrogens (tertiary/aromatic N) is 2. The molecule has 0 unspecified atom stereocenters. The van der Waals surface area contributed by atoms with Crippen LogP contribution >= 0.6 is 0 Å². The Morgan fingerprint density at radius 2 is 2.04 bits per heavy atom. The Kier molecular flexibility index (Phi) is 9.74. The maximum Gasteiger partial charge on any atom is 0.191 e. The fourth-order valence-corrected chi connectivity index (χ4v) is 2.41. The highest BCUT2D eigenvalue weighted by Crippen LogP contribution is 2.15. The molecule has 146 valence electrons. The molecule has 2 aromatic rings. The SMILES string of the molecule is CCNC(=NCc1cccc(OCc2ccccn2)c1)NCCCOCC. The van der Waals surface area contributed by atoms with Crippen LogP contribution in [0, 0.1) is 0 Å². The van der Waals surface area contributed by atoms with Crippen LogP contribution in [0.5, 0.6) is 5.75 Å². The van der Waals surface area contributed by atoms with Gasteiger partial charge in [0.2, 0.25) is 0 Å². The van der Waals surface area contributed by atoms with Crippen LogP contribution in [0.4, 0.5) is 0 Å². The molecule has 0 saturated carbocycles. The first-order chi connectivity index (χ1) is 13.3. The standard InChI is InChI=1S/C21H30N4O2/c1-3-22-21(24-13-8-14-26-4-2)25-16-18-9-7-11-20(15-18)27-17-19-10-5-6-12-23-19/h5-7,9-12,15H,3-4,8,13-14,16-17H2,1-2H3,(H2,22,24,25). The van der Waals surface area contributed by atoms with E-state index < -0.39 is 0 Å². The Morgan fingerprint density at radius 1 is 1.11 bits per heavy atom. The van der Waals surface area contributed by atoms with Gasteiger partial charge in [-0.05, 0) is 50.1 Å². The summed E-state index contributed by atoms with van der Waals surface area (Å²) in [5.74, 6) is 1.64. The number of benzene rings is 1. The van der Waals surface area contributed by atoms with Gasteiger partial charge in [-0.2, -0.15) is 0 Å². The molecule has 1 aromatic carbocycles. The molecule has 0 bridgehead atoms. The van der Waals surface area contributed by atoms with Crippen LogP contribution in [-0.4, -0.2) is 37.2 Å². The molecule has 0 aliphatic carbocycles. The quantitative estimate of drug-likeness (QED) is 0.361. The van der Waals surface area contributed by atoms with Crippen molar-refractivity contribution in [1.82, 2.24) is 15.6 Å². The van der Waals surface area contributed by atoms with Crippen LogP contribution in [-0.2, 0) is 17.9 Å². The number of nitrogens with one attached hydrogen (secondary N) is 2. The molecule has 1 heterocycles. The van der Waals surface area contributed by atoms with E-state index in [1.807, 2.05) is 43.3 Å². The van der Waals surface area contributed by atoms with Gasteiger partial charge in [0.05, 0.1) is 12.2 Å². The number of aromatic nitrogens is 1. The van der Waals surface area contributed by atoms with Crippen molar-refractivity contribution in [2.24, 2.45) is 4.99 Å². The predicted molar refractivity (Wildman–Crippen MR) is 109 cm³/mol. The molecule has 0 saturated heterocycles. The number of pyridine rings is 1. The third kappa shape index (κ3) is 8.55. The lowest BCUT2D eigenvalue weighted by molar-refractivity contribution is 0.145. The number of ether oxygens (including phenoxy) is 2. The summed E-state index contributed by atoms with van der Waals surface area (Å²) >= 11 is 0. The third-order valence-electron chi connectivity index (χ3n) is 3.74. The second-order valence-electron chi connectivity index (χ2n) is 5.93. The molecular weight excluding hydrogens is 340 g/mol. The van der Waals surface area contributed by atoms with E-state index in [9.17, 15) is 0 Å². The molecule has 2 rings (SSSR count). The Morgan fingerprint density at radius 3 is 2.81 bits per heavy atom. The highest BCUT2D eigenvalue weighted by molar-refractivity contribution is 5.79. The lowest BCUT2D eigenvalue weighted by atomic mass is 10.2. The van der Waals surface area contributed by atoms with Crippen molar-refractivity contribution >= 4 is 5.96 Å². The summed E-state index contributed by atoms with van der Waals surface area (Å²) < 4.78 is 11.2. The molecule has 1 aromatic heterocycles. The van der Waals surface area contributed by atoms with Crippen LogP contribution in [0.15, 0.2) is 53.7 Å². The number of rotatable bonds is 11. The molecule has 0 amide bonds. The smallest absolute Gasteiger partial charge is 0.191 e. The Balaban J connectivity index is 1.85. The number of hydrogen-bond donors (Lipinski definition) is 2. The van der Waals surface area contributed by atoms with Crippen molar-refractivity contribution in [2.75, 3.05) is 26.3 Å². The lowest BCUT2D eigenvalue weighted by Gasteiger charge is -2.11. The maximum atomic E-state index is 5.83. The first kappa shape index (κ1) is 20.7. The summed E-state index contributed by atoms with van der Waals surface area (Å²) in [6.07, 6.45) is 2.72. The van der Waals surface area contributed by atoms with E-state index in [4.69, 9.17) is 9.47 Å². The highest BCUT2D eigenvalue weighted by Gasteiger charge is 2.01. The lowest BCUT2D eigenvalue weighted by Crippen LogP contribution is -2.38. The number of hydrogen-bond acceptors (Lipinski definition) is 4. The van der Waals surface area contributed by atoms with Crippen molar-refractivity contribution in [1.29, 1.82) is 0 Å². The van der Waals surface area contributed by atoms with Gasteiger partial charge in [-0.1, -0.05) is 18.2 Å². The van der Waals surface area contributed by atoms with Crippen LogP contribution in [0.25, 0.3) is 0 Å².